The van der Waals surface area contributed by atoms with Gasteiger partial charge in [-0.1, -0.05) is 68.5 Å². The van der Waals surface area contributed by atoms with Crippen molar-refractivity contribution in [2.24, 2.45) is 5.92 Å². The van der Waals surface area contributed by atoms with E-state index in [0.717, 1.165) is 18.6 Å². The van der Waals surface area contributed by atoms with E-state index in [4.69, 9.17) is 0 Å². The van der Waals surface area contributed by atoms with Crippen LogP contribution in [0.3, 0.4) is 0 Å². The van der Waals surface area contributed by atoms with Crippen LogP contribution in [0.15, 0.2) is 96.1 Å². The Morgan fingerprint density at radius 2 is 1.55 bits per heavy atom. The van der Waals surface area contributed by atoms with Crippen molar-refractivity contribution in [3.8, 4) is 0 Å². The highest BCUT2D eigenvalue weighted by Crippen LogP contribution is 2.25. The molecule has 9 heteroatoms. The fourth-order valence-corrected chi connectivity index (χ4v) is 3.43. The van der Waals surface area contributed by atoms with Crippen LogP contribution in [0.4, 0.5) is 0 Å². The van der Waals surface area contributed by atoms with E-state index in [1.807, 2.05) is 12.2 Å². The minimum Gasteiger partial charge on any atom is -0.510 e. The van der Waals surface area contributed by atoms with E-state index >= 15 is 0 Å². The Labute approximate surface area is 222 Å². The molecule has 2 amide bonds. The van der Waals surface area contributed by atoms with Crippen LogP contribution < -0.4 is 10.6 Å². The lowest BCUT2D eigenvalue weighted by molar-refractivity contribution is -0.124. The number of amides is 2. The van der Waals surface area contributed by atoms with Crippen LogP contribution >= 0.6 is 0 Å². The lowest BCUT2D eigenvalue weighted by atomic mass is 9.90. The summed E-state index contributed by atoms with van der Waals surface area (Å²) in [5.74, 6) is -1.58. The Balaban J connectivity index is 1.94. The Morgan fingerprint density at radius 1 is 0.947 bits per heavy atom. The second-order valence-corrected chi connectivity index (χ2v) is 9.22. The van der Waals surface area contributed by atoms with Gasteiger partial charge in [0.25, 0.3) is 0 Å². The predicted octanol–water partition coefficient (Wildman–Crippen LogP) is 2.68. The normalized spacial score (nSPS) is 23.0. The first kappa shape index (κ1) is 30.1. The fraction of sp³-hybridized carbons (Fsp3) is 0.310. The SMILES string of the molecule is CC(C)C/C=C/C=C/C=C/C(=O)NC1=C[C@@](O)(/[13CH]=C/C=C/C=C/C(=O)NC2=C(O)CCC2=O)[C@H](O)CC1=O. The van der Waals surface area contributed by atoms with Crippen molar-refractivity contribution >= 4 is 23.4 Å². The molecule has 202 valence electrons. The largest absolute Gasteiger partial charge is 0.510 e. The van der Waals surface area contributed by atoms with E-state index in [-0.39, 0.29) is 42.2 Å². The number of nitrogens with one attached hydrogen (secondary N) is 2. The third-order valence-electron chi connectivity index (χ3n) is 5.52. The van der Waals surface area contributed by atoms with Gasteiger partial charge >= 0.3 is 0 Å². The van der Waals surface area contributed by atoms with Crippen LogP contribution in [-0.4, -0.2) is 50.4 Å². The molecule has 0 fully saturated rings. The van der Waals surface area contributed by atoms with Gasteiger partial charge in [-0.15, -0.1) is 0 Å². The van der Waals surface area contributed by atoms with Gasteiger partial charge in [-0.2, -0.15) is 0 Å². The molecule has 0 spiro atoms. The smallest absolute Gasteiger partial charge is 0.248 e. The van der Waals surface area contributed by atoms with Crippen LogP contribution in [-0.2, 0) is 19.2 Å². The second-order valence-electron chi connectivity index (χ2n) is 9.22. The van der Waals surface area contributed by atoms with Gasteiger partial charge < -0.3 is 26.0 Å². The number of carbonyl (C=O) groups excluding carboxylic acids is 4. The van der Waals surface area contributed by atoms with Gasteiger partial charge in [0, 0.05) is 31.4 Å². The number of hydrogen-bond acceptors (Lipinski definition) is 7. The van der Waals surface area contributed by atoms with E-state index in [1.54, 1.807) is 12.2 Å². The third-order valence-corrected chi connectivity index (χ3v) is 5.52. The molecule has 0 aromatic rings. The average Bonchev–Trinajstić information content (AvgIpc) is 3.16. The molecule has 9 nitrogen and oxygen atoms in total. The summed E-state index contributed by atoms with van der Waals surface area (Å²) in [7, 11) is 0. The average molecular weight is 524 g/mol. The van der Waals surface area contributed by atoms with Crippen molar-refractivity contribution in [3.05, 3.63) is 96.1 Å². The molecule has 2 aliphatic carbocycles. The zero-order chi connectivity index (χ0) is 28.1. The summed E-state index contributed by atoms with van der Waals surface area (Å²) in [4.78, 5) is 47.8. The molecule has 0 saturated heterocycles. The van der Waals surface area contributed by atoms with Gasteiger partial charge in [0.2, 0.25) is 11.8 Å². The lowest BCUT2D eigenvalue weighted by Gasteiger charge is -2.31. The first-order valence-electron chi connectivity index (χ1n) is 12.3. The zero-order valence-corrected chi connectivity index (χ0v) is 21.5. The van der Waals surface area contributed by atoms with Crippen LogP contribution in [0.1, 0.15) is 39.5 Å². The van der Waals surface area contributed by atoms with Crippen molar-refractivity contribution in [2.45, 2.75) is 51.2 Å². The molecule has 0 saturated carbocycles. The van der Waals surface area contributed by atoms with Crippen molar-refractivity contribution in [1.82, 2.24) is 10.6 Å². The highest BCUT2D eigenvalue weighted by atomic mass is 16.3. The lowest BCUT2D eigenvalue weighted by Crippen LogP contribution is -2.46. The highest BCUT2D eigenvalue weighted by Gasteiger charge is 2.38. The number of carbonyl (C=O) groups is 4. The Hall–Kier alpha value is -4.08. The van der Waals surface area contributed by atoms with Gasteiger partial charge in [0.1, 0.15) is 17.1 Å². The molecular formula is C29H34N2O7. The van der Waals surface area contributed by atoms with Gasteiger partial charge in [0.05, 0.1) is 11.8 Å². The van der Waals surface area contributed by atoms with E-state index in [9.17, 15) is 34.5 Å². The summed E-state index contributed by atoms with van der Waals surface area (Å²) >= 11 is 0. The number of hydrogen-bond donors (Lipinski definition) is 5. The summed E-state index contributed by atoms with van der Waals surface area (Å²) < 4.78 is 0. The van der Waals surface area contributed by atoms with Crippen LogP contribution in [0.5, 0.6) is 0 Å². The van der Waals surface area contributed by atoms with Crippen molar-refractivity contribution in [3.63, 3.8) is 0 Å². The Kier molecular flexibility index (Phi) is 11.6. The van der Waals surface area contributed by atoms with Crippen LogP contribution in [0, 0.1) is 5.92 Å². The molecule has 0 aromatic heterocycles. The van der Waals surface area contributed by atoms with Gasteiger partial charge in [-0.25, -0.2) is 0 Å². The number of ketones is 2. The molecular weight excluding hydrogens is 489 g/mol. The van der Waals surface area contributed by atoms with E-state index in [1.165, 1.54) is 42.5 Å². The van der Waals surface area contributed by atoms with Crippen LogP contribution in [0.25, 0.3) is 0 Å². The number of allylic oxidation sites excluding steroid dienone is 12. The molecule has 38 heavy (non-hydrogen) atoms. The maximum Gasteiger partial charge on any atom is 0.248 e. The van der Waals surface area contributed by atoms with Crippen LogP contribution in [0.2, 0.25) is 0 Å². The molecule has 2 atom stereocenters. The van der Waals surface area contributed by atoms with E-state index < -0.39 is 29.3 Å². The van der Waals surface area contributed by atoms with Gasteiger partial charge in [0.15, 0.2) is 11.6 Å². The minimum absolute atomic E-state index is 0.0949. The second kappa shape index (κ2) is 14.6. The summed E-state index contributed by atoms with van der Waals surface area (Å²) in [5.41, 5.74) is -2.13. The number of aliphatic hydroxyl groups is 3. The molecule has 0 radical (unpaired) electrons. The molecule has 0 aliphatic heterocycles. The monoisotopic (exact) mass is 523 g/mol. The maximum absolute atomic E-state index is 12.2. The maximum atomic E-state index is 12.2. The molecule has 0 aromatic carbocycles. The standard InChI is InChI=1S/C29H34N2O7/c1-20(2)12-8-4-3-5-9-13-26(36)30-21-19-29(38,25(35)18-24(21)34)17-11-7-6-10-14-27(37)31-28-22(32)15-16-23(28)33/h3-11,13-14,17,19-20,25,32,35,38H,12,15-16,18H2,1-2H3,(H,30,36)(H,31,37)/b5-3+,7-6+,8-4+,13-9+,14-10+,17-11+/t25-,29+/m1/s1/i17+1. The van der Waals surface area contributed by atoms with Gasteiger partial charge in [-0.3, -0.25) is 19.2 Å². The number of Topliss-reactive ketones (excluding diaryl/α,β-unsaturated/α-hetero) is 2. The van der Waals surface area contributed by atoms with Crippen molar-refractivity contribution in [1.29, 1.82) is 0 Å². The van der Waals surface area contributed by atoms with Crippen molar-refractivity contribution in [2.75, 3.05) is 0 Å². The first-order valence-corrected chi connectivity index (χ1v) is 12.3. The number of aliphatic hydroxyl groups excluding tert-OH is 2. The summed E-state index contributed by atoms with van der Waals surface area (Å²) in [5, 5.41) is 35.4. The first-order chi connectivity index (χ1) is 18.0. The summed E-state index contributed by atoms with van der Waals surface area (Å²) in [6, 6.07) is 0. The summed E-state index contributed by atoms with van der Waals surface area (Å²) in [6.07, 6.45) is 18.8. The van der Waals surface area contributed by atoms with E-state index in [2.05, 4.69) is 24.5 Å². The Morgan fingerprint density at radius 3 is 2.16 bits per heavy atom. The Bertz CT molecular complexity index is 1170. The molecule has 0 heterocycles. The fourth-order valence-electron chi connectivity index (χ4n) is 3.43. The third kappa shape index (κ3) is 9.76. The molecule has 0 bridgehead atoms. The summed E-state index contributed by atoms with van der Waals surface area (Å²) in [6.45, 7) is 4.23. The van der Waals surface area contributed by atoms with Crippen molar-refractivity contribution < 1.29 is 34.5 Å². The molecule has 0 unspecified atom stereocenters. The minimum atomic E-state index is -1.90. The highest BCUT2D eigenvalue weighted by molar-refractivity contribution is 6.03. The zero-order valence-electron chi connectivity index (χ0n) is 21.5. The van der Waals surface area contributed by atoms with Gasteiger partial charge in [-0.05, 0) is 24.5 Å². The number of rotatable bonds is 11. The molecule has 2 aliphatic rings. The predicted molar refractivity (Wildman–Crippen MR) is 143 cm³/mol. The topological polar surface area (TPSA) is 153 Å². The quantitative estimate of drug-likeness (QED) is 0.159. The molecule has 2 rings (SSSR count). The molecule has 5 N–H and O–H groups in total. The van der Waals surface area contributed by atoms with E-state index in [0.29, 0.717) is 5.92 Å².